The quantitative estimate of drug-likeness (QED) is 0.451. The molecule has 4 N–H and O–H groups in total. The molecule has 0 radical (unpaired) electrons. The maximum absolute atomic E-state index is 10.4. The number of ether oxygens (including phenoxy) is 1. The first-order valence-electron chi connectivity index (χ1n) is 4.32. The highest BCUT2D eigenvalue weighted by Gasteiger charge is 2.06. The molecular weight excluding hydrogens is 172 g/mol. The number of primary amides is 1. The van der Waals surface area contributed by atoms with Crippen molar-refractivity contribution in [2.75, 3.05) is 26.9 Å². The number of carbonyl (C=O) groups excluding carboxylic acids is 1. The normalized spacial score (nSPS) is 12.8. The van der Waals surface area contributed by atoms with Crippen molar-refractivity contribution in [1.29, 1.82) is 0 Å². The minimum Gasteiger partial charge on any atom is -0.396 e. The summed E-state index contributed by atoms with van der Waals surface area (Å²) in [6.07, 6.45) is 0.929. The summed E-state index contributed by atoms with van der Waals surface area (Å²) in [7, 11) is 1.60. The predicted octanol–water partition coefficient (Wildman–Crippen LogP) is -1.15. The number of nitrogens with two attached hydrogens (primary N) is 1. The van der Waals surface area contributed by atoms with Crippen LogP contribution in [0.4, 0.5) is 0 Å². The number of aliphatic hydroxyl groups excluding tert-OH is 1. The van der Waals surface area contributed by atoms with E-state index in [9.17, 15) is 4.79 Å². The molecule has 0 aromatic heterocycles. The van der Waals surface area contributed by atoms with E-state index in [0.717, 1.165) is 0 Å². The molecule has 78 valence electrons. The van der Waals surface area contributed by atoms with Gasteiger partial charge in [0.15, 0.2) is 0 Å². The highest BCUT2D eigenvalue weighted by atomic mass is 16.5. The van der Waals surface area contributed by atoms with E-state index >= 15 is 0 Å². The van der Waals surface area contributed by atoms with Gasteiger partial charge in [-0.2, -0.15) is 0 Å². The van der Waals surface area contributed by atoms with Gasteiger partial charge < -0.3 is 20.9 Å². The van der Waals surface area contributed by atoms with Crippen LogP contribution in [0.2, 0.25) is 0 Å². The van der Waals surface area contributed by atoms with Gasteiger partial charge in [0, 0.05) is 32.7 Å². The lowest BCUT2D eigenvalue weighted by Crippen LogP contribution is -2.36. The van der Waals surface area contributed by atoms with Crippen LogP contribution >= 0.6 is 0 Å². The van der Waals surface area contributed by atoms with Crippen LogP contribution in [0.3, 0.4) is 0 Å². The topological polar surface area (TPSA) is 84.6 Å². The van der Waals surface area contributed by atoms with Crippen LogP contribution in [0.1, 0.15) is 12.8 Å². The molecule has 0 saturated heterocycles. The molecule has 1 amide bonds. The lowest BCUT2D eigenvalue weighted by Gasteiger charge is -2.15. The van der Waals surface area contributed by atoms with Gasteiger partial charge in [0.05, 0.1) is 6.61 Å². The fraction of sp³-hybridized carbons (Fsp3) is 0.875. The van der Waals surface area contributed by atoms with Gasteiger partial charge in [0.2, 0.25) is 5.91 Å². The lowest BCUT2D eigenvalue weighted by molar-refractivity contribution is -0.117. The van der Waals surface area contributed by atoms with Gasteiger partial charge in [0.1, 0.15) is 0 Å². The maximum atomic E-state index is 10.4. The SMILES string of the molecule is COCC(CCO)NCCC(N)=O. The Labute approximate surface area is 78.3 Å². The molecule has 0 spiro atoms. The number of hydrogen-bond donors (Lipinski definition) is 3. The number of methoxy groups -OCH3 is 1. The zero-order valence-corrected chi connectivity index (χ0v) is 7.95. The second-order valence-electron chi connectivity index (χ2n) is 2.83. The van der Waals surface area contributed by atoms with Gasteiger partial charge in [0.25, 0.3) is 0 Å². The molecule has 0 fully saturated rings. The van der Waals surface area contributed by atoms with Crippen LogP contribution in [0.5, 0.6) is 0 Å². The molecule has 0 aromatic rings. The fourth-order valence-electron chi connectivity index (χ4n) is 1.00. The largest absolute Gasteiger partial charge is 0.396 e. The third kappa shape index (κ3) is 7.70. The van der Waals surface area contributed by atoms with Crippen LogP contribution in [0.25, 0.3) is 0 Å². The summed E-state index contributed by atoms with van der Waals surface area (Å²) < 4.78 is 4.92. The summed E-state index contributed by atoms with van der Waals surface area (Å²) in [4.78, 5) is 10.4. The molecule has 5 heteroatoms. The van der Waals surface area contributed by atoms with Gasteiger partial charge >= 0.3 is 0 Å². The number of aliphatic hydroxyl groups is 1. The van der Waals surface area contributed by atoms with Gasteiger partial charge in [-0.15, -0.1) is 0 Å². The Hall–Kier alpha value is -0.650. The summed E-state index contributed by atoms with van der Waals surface area (Å²) in [5.74, 6) is -0.326. The van der Waals surface area contributed by atoms with Crippen molar-refractivity contribution in [2.45, 2.75) is 18.9 Å². The molecule has 0 aliphatic rings. The molecule has 0 aliphatic carbocycles. The second kappa shape index (κ2) is 7.97. The minimum absolute atomic E-state index is 0.0920. The first-order valence-corrected chi connectivity index (χ1v) is 4.32. The Morgan fingerprint density at radius 3 is 2.85 bits per heavy atom. The highest BCUT2D eigenvalue weighted by molar-refractivity contribution is 5.73. The average molecular weight is 190 g/mol. The van der Waals surface area contributed by atoms with Crippen LogP contribution < -0.4 is 11.1 Å². The summed E-state index contributed by atoms with van der Waals surface area (Å²) in [5, 5.41) is 11.8. The highest BCUT2D eigenvalue weighted by Crippen LogP contribution is 1.91. The van der Waals surface area contributed by atoms with Crippen molar-refractivity contribution >= 4 is 5.91 Å². The molecule has 13 heavy (non-hydrogen) atoms. The van der Waals surface area contributed by atoms with Gasteiger partial charge in [-0.1, -0.05) is 0 Å². The zero-order valence-electron chi connectivity index (χ0n) is 7.95. The smallest absolute Gasteiger partial charge is 0.218 e. The summed E-state index contributed by atoms with van der Waals surface area (Å²) >= 11 is 0. The van der Waals surface area contributed by atoms with Crippen LogP contribution in [-0.4, -0.2) is 43.9 Å². The van der Waals surface area contributed by atoms with E-state index in [2.05, 4.69) is 5.32 Å². The Bertz CT molecular complexity index is 135. The fourth-order valence-corrected chi connectivity index (χ4v) is 1.00. The van der Waals surface area contributed by atoms with Gasteiger partial charge in [-0.3, -0.25) is 4.79 Å². The van der Waals surface area contributed by atoms with Crippen molar-refractivity contribution in [1.82, 2.24) is 5.32 Å². The number of nitrogens with one attached hydrogen (secondary N) is 1. The molecule has 0 rings (SSSR count). The van der Waals surface area contributed by atoms with Crippen LogP contribution in [0, 0.1) is 0 Å². The second-order valence-corrected chi connectivity index (χ2v) is 2.83. The van der Waals surface area contributed by atoms with E-state index < -0.39 is 0 Å². The molecule has 1 atom stereocenters. The van der Waals surface area contributed by atoms with E-state index in [1.54, 1.807) is 7.11 Å². The standard InChI is InChI=1S/C8H18N2O3/c1-13-6-7(3-5-11)10-4-2-8(9)12/h7,10-11H,2-6H2,1H3,(H2,9,12). The first-order chi connectivity index (χ1) is 6.20. The van der Waals surface area contributed by atoms with Crippen molar-refractivity contribution in [3.05, 3.63) is 0 Å². The monoisotopic (exact) mass is 190 g/mol. The average Bonchev–Trinajstić information content (AvgIpc) is 2.04. The summed E-state index contributed by atoms with van der Waals surface area (Å²) in [6, 6.07) is 0.0920. The van der Waals surface area contributed by atoms with Gasteiger partial charge in [-0.05, 0) is 6.42 Å². The molecule has 5 nitrogen and oxygen atoms in total. The first kappa shape index (κ1) is 12.3. The Morgan fingerprint density at radius 1 is 1.69 bits per heavy atom. The van der Waals surface area contributed by atoms with Crippen LogP contribution in [0.15, 0.2) is 0 Å². The van der Waals surface area contributed by atoms with Crippen molar-refractivity contribution in [3.63, 3.8) is 0 Å². The van der Waals surface area contributed by atoms with E-state index in [1.807, 2.05) is 0 Å². The van der Waals surface area contributed by atoms with E-state index in [-0.39, 0.29) is 18.6 Å². The number of hydrogen-bond acceptors (Lipinski definition) is 4. The predicted molar refractivity (Wildman–Crippen MR) is 49.2 cm³/mol. The number of amides is 1. The van der Waals surface area contributed by atoms with Gasteiger partial charge in [-0.25, -0.2) is 0 Å². The van der Waals surface area contributed by atoms with E-state index in [0.29, 0.717) is 26.0 Å². The number of rotatable bonds is 8. The molecule has 0 heterocycles. The third-order valence-corrected chi connectivity index (χ3v) is 1.65. The molecule has 1 unspecified atom stereocenters. The lowest BCUT2D eigenvalue weighted by atomic mass is 10.2. The summed E-state index contributed by atoms with van der Waals surface area (Å²) in [6.45, 7) is 1.17. The Balaban J connectivity index is 3.49. The van der Waals surface area contributed by atoms with Crippen molar-refractivity contribution in [2.24, 2.45) is 5.73 Å². The third-order valence-electron chi connectivity index (χ3n) is 1.65. The van der Waals surface area contributed by atoms with E-state index in [4.69, 9.17) is 15.6 Å². The Kier molecular flexibility index (Phi) is 7.57. The molecule has 0 aliphatic heterocycles. The van der Waals surface area contributed by atoms with E-state index in [1.165, 1.54) is 0 Å². The molecule has 0 saturated carbocycles. The minimum atomic E-state index is -0.326. The Morgan fingerprint density at radius 2 is 2.38 bits per heavy atom. The van der Waals surface area contributed by atoms with Crippen molar-refractivity contribution in [3.8, 4) is 0 Å². The summed E-state index contributed by atoms with van der Waals surface area (Å²) in [5.41, 5.74) is 4.97. The van der Waals surface area contributed by atoms with Crippen molar-refractivity contribution < 1.29 is 14.6 Å². The zero-order chi connectivity index (χ0) is 10.1. The molecular formula is C8H18N2O3. The molecule has 0 aromatic carbocycles. The van der Waals surface area contributed by atoms with Crippen LogP contribution in [-0.2, 0) is 9.53 Å². The number of carbonyl (C=O) groups is 1. The maximum Gasteiger partial charge on any atom is 0.218 e. The molecule has 0 bridgehead atoms.